The van der Waals surface area contributed by atoms with Crippen molar-refractivity contribution in [2.75, 3.05) is 13.2 Å². The number of carbonyl (C=O) groups excluding carboxylic acids is 1. The molecule has 128 valence electrons. The number of hydrogen-bond donors (Lipinski definition) is 2. The van der Waals surface area contributed by atoms with Crippen LogP contribution < -0.4 is 10.1 Å². The number of ether oxygens (including phenoxy) is 1. The second-order valence-electron chi connectivity index (χ2n) is 5.36. The fourth-order valence-electron chi connectivity index (χ4n) is 2.38. The van der Waals surface area contributed by atoms with Gasteiger partial charge in [-0.05, 0) is 30.3 Å². The lowest BCUT2D eigenvalue weighted by atomic mass is 10.2. The molecule has 0 aliphatic heterocycles. The van der Waals surface area contributed by atoms with Crippen molar-refractivity contribution >= 4 is 5.91 Å². The molecule has 6 heteroatoms. The van der Waals surface area contributed by atoms with Crippen molar-refractivity contribution in [1.29, 1.82) is 0 Å². The summed E-state index contributed by atoms with van der Waals surface area (Å²) in [5, 5.41) is 11.7. The van der Waals surface area contributed by atoms with Gasteiger partial charge in [-0.15, -0.1) is 0 Å². The van der Waals surface area contributed by atoms with E-state index in [0.29, 0.717) is 17.9 Å². The zero-order valence-corrected chi connectivity index (χ0v) is 13.6. The largest absolute Gasteiger partial charge is 0.491 e. The smallest absolute Gasteiger partial charge is 0.253 e. The van der Waals surface area contributed by atoms with Gasteiger partial charge in [-0.25, -0.2) is 4.98 Å². The summed E-state index contributed by atoms with van der Waals surface area (Å²) in [5.41, 5.74) is 1.34. The predicted octanol–water partition coefficient (Wildman–Crippen LogP) is 2.17. The van der Waals surface area contributed by atoms with Gasteiger partial charge in [0, 0.05) is 30.7 Å². The lowest BCUT2D eigenvalue weighted by Crippen LogP contribution is -2.23. The van der Waals surface area contributed by atoms with E-state index in [4.69, 9.17) is 9.84 Å². The summed E-state index contributed by atoms with van der Waals surface area (Å²) in [6.07, 6.45) is 5.34. The molecule has 0 radical (unpaired) electrons. The van der Waals surface area contributed by atoms with Crippen LogP contribution in [0.2, 0.25) is 0 Å². The lowest BCUT2D eigenvalue weighted by molar-refractivity contribution is 0.0950. The minimum atomic E-state index is -0.205. The van der Waals surface area contributed by atoms with Crippen molar-refractivity contribution in [1.82, 2.24) is 14.9 Å². The van der Waals surface area contributed by atoms with E-state index in [9.17, 15) is 4.79 Å². The maximum absolute atomic E-state index is 12.3. The van der Waals surface area contributed by atoms with E-state index in [1.807, 2.05) is 53.4 Å². The number of carbonyl (C=O) groups is 1. The molecule has 0 spiro atoms. The summed E-state index contributed by atoms with van der Waals surface area (Å²) >= 11 is 0. The van der Waals surface area contributed by atoms with Crippen LogP contribution in [-0.2, 0) is 6.54 Å². The van der Waals surface area contributed by atoms with Gasteiger partial charge in [-0.2, -0.15) is 0 Å². The molecule has 0 fully saturated rings. The number of aromatic nitrogens is 2. The first kappa shape index (κ1) is 16.7. The number of nitrogens with zero attached hydrogens (tertiary/aromatic N) is 2. The summed E-state index contributed by atoms with van der Waals surface area (Å²) in [6.45, 7) is 0.496. The number of hydrogen-bond acceptors (Lipinski definition) is 4. The van der Waals surface area contributed by atoms with Gasteiger partial charge < -0.3 is 19.7 Å². The van der Waals surface area contributed by atoms with E-state index in [2.05, 4.69) is 10.3 Å². The zero-order chi connectivity index (χ0) is 17.5. The van der Waals surface area contributed by atoms with E-state index in [1.165, 1.54) is 0 Å². The quantitative estimate of drug-likeness (QED) is 0.693. The lowest BCUT2D eigenvalue weighted by Gasteiger charge is -2.11. The minimum absolute atomic E-state index is 0.0554. The van der Waals surface area contributed by atoms with Crippen LogP contribution in [0.25, 0.3) is 5.82 Å². The second-order valence-corrected chi connectivity index (χ2v) is 5.36. The van der Waals surface area contributed by atoms with Crippen molar-refractivity contribution in [2.45, 2.75) is 6.54 Å². The average molecular weight is 337 g/mol. The van der Waals surface area contributed by atoms with Crippen molar-refractivity contribution in [3.05, 3.63) is 78.2 Å². The molecule has 2 N–H and O–H groups in total. The molecule has 2 heterocycles. The molecule has 1 aromatic carbocycles. The average Bonchev–Trinajstić information content (AvgIpc) is 3.20. The predicted molar refractivity (Wildman–Crippen MR) is 93.8 cm³/mol. The Morgan fingerprint density at radius 3 is 2.64 bits per heavy atom. The molecular formula is C19H19N3O3. The van der Waals surface area contributed by atoms with Crippen molar-refractivity contribution in [3.63, 3.8) is 0 Å². The van der Waals surface area contributed by atoms with Crippen molar-refractivity contribution < 1.29 is 14.6 Å². The van der Waals surface area contributed by atoms with Gasteiger partial charge in [0.05, 0.1) is 12.2 Å². The summed E-state index contributed by atoms with van der Waals surface area (Å²) in [5.74, 6) is 1.20. The SMILES string of the molecule is O=C(NCc1ccccc1OCCO)c1ccc(-n2cccc2)nc1. The van der Waals surface area contributed by atoms with Gasteiger partial charge in [-0.1, -0.05) is 18.2 Å². The Morgan fingerprint density at radius 1 is 1.12 bits per heavy atom. The molecule has 0 unspecified atom stereocenters. The molecule has 0 aliphatic rings. The summed E-state index contributed by atoms with van der Waals surface area (Å²) in [7, 11) is 0. The molecule has 3 rings (SSSR count). The van der Waals surface area contributed by atoms with Gasteiger partial charge in [0.25, 0.3) is 5.91 Å². The molecule has 0 saturated heterocycles. The third-order valence-corrected chi connectivity index (χ3v) is 3.64. The number of para-hydroxylation sites is 1. The number of rotatable bonds is 7. The Bertz CT molecular complexity index is 814. The Balaban J connectivity index is 1.63. The summed E-state index contributed by atoms with van der Waals surface area (Å²) in [6, 6.07) is 14.8. The van der Waals surface area contributed by atoms with Crippen molar-refractivity contribution in [2.24, 2.45) is 0 Å². The van der Waals surface area contributed by atoms with Gasteiger partial charge in [-0.3, -0.25) is 4.79 Å². The monoisotopic (exact) mass is 337 g/mol. The first-order valence-corrected chi connectivity index (χ1v) is 7.97. The van der Waals surface area contributed by atoms with Crippen LogP contribution in [0.4, 0.5) is 0 Å². The van der Waals surface area contributed by atoms with Gasteiger partial charge >= 0.3 is 0 Å². The Hall–Kier alpha value is -3.12. The van der Waals surface area contributed by atoms with Crippen LogP contribution in [0.15, 0.2) is 67.1 Å². The molecule has 0 saturated carbocycles. The maximum Gasteiger partial charge on any atom is 0.253 e. The molecule has 0 aliphatic carbocycles. The Kier molecular flexibility index (Phi) is 5.43. The fraction of sp³-hybridized carbons (Fsp3) is 0.158. The zero-order valence-electron chi connectivity index (χ0n) is 13.6. The van der Waals surface area contributed by atoms with Gasteiger partial charge in [0.2, 0.25) is 0 Å². The third-order valence-electron chi connectivity index (χ3n) is 3.64. The highest BCUT2D eigenvalue weighted by molar-refractivity contribution is 5.93. The molecule has 0 atom stereocenters. The number of nitrogens with one attached hydrogen (secondary N) is 1. The molecule has 0 bridgehead atoms. The Labute approximate surface area is 145 Å². The van der Waals surface area contributed by atoms with Gasteiger partial charge in [0.15, 0.2) is 0 Å². The van der Waals surface area contributed by atoms with E-state index >= 15 is 0 Å². The molecule has 1 amide bonds. The number of benzene rings is 1. The minimum Gasteiger partial charge on any atom is -0.491 e. The number of amides is 1. The van der Waals surface area contributed by atoms with Crippen LogP contribution in [0, 0.1) is 0 Å². The van der Waals surface area contributed by atoms with Crippen LogP contribution in [0.3, 0.4) is 0 Å². The van der Waals surface area contributed by atoms with Gasteiger partial charge in [0.1, 0.15) is 18.2 Å². The van der Waals surface area contributed by atoms with Crippen LogP contribution in [0.5, 0.6) is 5.75 Å². The summed E-state index contributed by atoms with van der Waals surface area (Å²) < 4.78 is 7.34. The Morgan fingerprint density at radius 2 is 1.92 bits per heavy atom. The molecule has 3 aromatic rings. The highest BCUT2D eigenvalue weighted by Crippen LogP contribution is 2.17. The normalized spacial score (nSPS) is 10.4. The highest BCUT2D eigenvalue weighted by Gasteiger charge is 2.09. The van der Waals surface area contributed by atoms with Crippen LogP contribution in [-0.4, -0.2) is 33.8 Å². The van der Waals surface area contributed by atoms with Crippen molar-refractivity contribution in [3.8, 4) is 11.6 Å². The first-order chi connectivity index (χ1) is 12.3. The number of aliphatic hydroxyl groups excluding tert-OH is 1. The van der Waals surface area contributed by atoms with Crippen LogP contribution >= 0.6 is 0 Å². The second kappa shape index (κ2) is 8.12. The molecule has 6 nitrogen and oxygen atoms in total. The number of pyridine rings is 1. The molecular weight excluding hydrogens is 318 g/mol. The molecule has 25 heavy (non-hydrogen) atoms. The maximum atomic E-state index is 12.3. The fourth-order valence-corrected chi connectivity index (χ4v) is 2.38. The van der Waals surface area contributed by atoms with Crippen LogP contribution in [0.1, 0.15) is 15.9 Å². The van der Waals surface area contributed by atoms with E-state index in [1.54, 1.807) is 18.3 Å². The number of aliphatic hydroxyl groups is 1. The molecule has 2 aromatic heterocycles. The topological polar surface area (TPSA) is 76.4 Å². The highest BCUT2D eigenvalue weighted by atomic mass is 16.5. The third kappa shape index (κ3) is 4.24. The van der Waals surface area contributed by atoms with E-state index in [-0.39, 0.29) is 19.1 Å². The standard InChI is InChI=1S/C19H19N3O3/c23-11-12-25-17-6-2-1-5-15(17)13-21-19(24)16-7-8-18(20-14-16)22-9-3-4-10-22/h1-10,14,23H,11-13H2,(H,21,24). The summed E-state index contributed by atoms with van der Waals surface area (Å²) in [4.78, 5) is 16.6. The first-order valence-electron chi connectivity index (χ1n) is 7.97. The van der Waals surface area contributed by atoms with E-state index in [0.717, 1.165) is 11.4 Å². The van der Waals surface area contributed by atoms with E-state index < -0.39 is 0 Å².